The second kappa shape index (κ2) is 9.43. The van der Waals surface area contributed by atoms with Crippen LogP contribution in [0.2, 0.25) is 0 Å². The van der Waals surface area contributed by atoms with E-state index in [1.807, 2.05) is 11.6 Å². The second-order valence-corrected chi connectivity index (χ2v) is 8.42. The molecule has 1 fully saturated rings. The van der Waals surface area contributed by atoms with Crippen molar-refractivity contribution in [3.8, 4) is 0 Å². The highest BCUT2D eigenvalue weighted by Crippen LogP contribution is 2.20. The number of carbonyl (C=O) groups is 1. The van der Waals surface area contributed by atoms with Gasteiger partial charge in [-0.3, -0.25) is 4.79 Å². The van der Waals surface area contributed by atoms with Crippen molar-refractivity contribution in [2.75, 3.05) is 25.0 Å². The molecule has 1 aromatic carbocycles. The summed E-state index contributed by atoms with van der Waals surface area (Å²) in [6, 6.07) is 8.36. The monoisotopic (exact) mass is 407 g/mol. The number of aromatic nitrogens is 2. The standard InChI is InChI=1S/C19H26N4O2S2/c1-3-14-7-9-16(10-8-14)20-18-21-23(19(26)27-18)13-22-11-5-6-15(12-22)17(24)25-4-2/h7-10,15H,3-6,11-13H2,1-2H3,(H,20,21)/p+1/t15-/m0/s1. The van der Waals surface area contributed by atoms with Gasteiger partial charge in [0.1, 0.15) is 5.92 Å². The molecule has 0 amide bonds. The minimum Gasteiger partial charge on any atom is -0.466 e. The molecule has 2 atom stereocenters. The van der Waals surface area contributed by atoms with Crippen molar-refractivity contribution < 1.29 is 14.4 Å². The molecule has 1 aliphatic heterocycles. The van der Waals surface area contributed by atoms with Crippen LogP contribution in [0.5, 0.6) is 0 Å². The minimum absolute atomic E-state index is 0.0174. The number of aryl methyl sites for hydroxylation is 1. The summed E-state index contributed by atoms with van der Waals surface area (Å²) in [5.74, 6) is -0.0920. The summed E-state index contributed by atoms with van der Waals surface area (Å²) in [4.78, 5) is 13.3. The number of anilines is 2. The molecule has 27 heavy (non-hydrogen) atoms. The second-order valence-electron chi connectivity index (χ2n) is 6.80. The molecule has 0 aliphatic carbocycles. The number of likely N-dealkylation sites (tertiary alicyclic amines) is 1. The van der Waals surface area contributed by atoms with Gasteiger partial charge in [0.25, 0.3) is 0 Å². The van der Waals surface area contributed by atoms with E-state index in [-0.39, 0.29) is 11.9 Å². The fraction of sp³-hybridized carbons (Fsp3) is 0.526. The topological polar surface area (TPSA) is 60.6 Å². The Morgan fingerprint density at radius 3 is 2.89 bits per heavy atom. The molecule has 0 radical (unpaired) electrons. The van der Waals surface area contributed by atoms with Gasteiger partial charge in [0, 0.05) is 5.69 Å². The summed E-state index contributed by atoms with van der Waals surface area (Å²) in [5, 5.41) is 8.76. The van der Waals surface area contributed by atoms with Crippen LogP contribution in [0.4, 0.5) is 10.8 Å². The Labute approximate surface area is 169 Å². The van der Waals surface area contributed by atoms with Crippen LogP contribution in [0, 0.1) is 9.87 Å². The van der Waals surface area contributed by atoms with Crippen molar-refractivity contribution in [1.29, 1.82) is 0 Å². The molecule has 1 aliphatic rings. The predicted octanol–water partition coefficient (Wildman–Crippen LogP) is 2.80. The van der Waals surface area contributed by atoms with E-state index < -0.39 is 0 Å². The molecule has 8 heteroatoms. The lowest BCUT2D eigenvalue weighted by Crippen LogP contribution is -3.13. The molecule has 1 aromatic heterocycles. The molecule has 0 saturated carbocycles. The smallest absolute Gasteiger partial charge is 0.314 e. The number of hydrogen-bond donors (Lipinski definition) is 2. The Hall–Kier alpha value is -1.77. The molecule has 2 heterocycles. The summed E-state index contributed by atoms with van der Waals surface area (Å²) in [6.07, 6.45) is 2.95. The molecular formula is C19H27N4O2S2+. The average Bonchev–Trinajstić information content (AvgIpc) is 3.01. The van der Waals surface area contributed by atoms with Crippen molar-refractivity contribution in [1.82, 2.24) is 9.78 Å². The maximum absolute atomic E-state index is 12.0. The third-order valence-electron chi connectivity index (χ3n) is 4.83. The number of benzene rings is 1. The summed E-state index contributed by atoms with van der Waals surface area (Å²) in [6.45, 7) is 6.92. The predicted molar refractivity (Wildman–Crippen MR) is 110 cm³/mol. The molecule has 6 nitrogen and oxygen atoms in total. The number of esters is 1. The van der Waals surface area contributed by atoms with Crippen molar-refractivity contribution in [3.05, 3.63) is 33.8 Å². The van der Waals surface area contributed by atoms with Crippen molar-refractivity contribution in [3.63, 3.8) is 0 Å². The lowest BCUT2D eigenvalue weighted by molar-refractivity contribution is -0.930. The van der Waals surface area contributed by atoms with Crippen molar-refractivity contribution in [2.45, 2.75) is 39.8 Å². The number of rotatable bonds is 7. The number of quaternary nitrogens is 1. The van der Waals surface area contributed by atoms with Crippen LogP contribution in [-0.2, 0) is 22.6 Å². The number of piperidine rings is 1. The Kier molecular flexibility index (Phi) is 6.98. The van der Waals surface area contributed by atoms with Gasteiger partial charge in [-0.2, -0.15) is 4.68 Å². The number of carbonyl (C=O) groups excluding carboxylic acids is 1. The van der Waals surface area contributed by atoms with Crippen LogP contribution in [0.1, 0.15) is 32.3 Å². The number of hydrogen-bond acceptors (Lipinski definition) is 6. The molecule has 0 bridgehead atoms. The summed E-state index contributed by atoms with van der Waals surface area (Å²) in [7, 11) is 0. The van der Waals surface area contributed by atoms with Crippen LogP contribution < -0.4 is 10.2 Å². The van der Waals surface area contributed by atoms with Crippen LogP contribution in [0.3, 0.4) is 0 Å². The number of ether oxygens (including phenoxy) is 1. The maximum Gasteiger partial charge on any atom is 0.314 e. The minimum atomic E-state index is -0.0746. The Bertz CT molecular complexity index is 816. The van der Waals surface area contributed by atoms with Gasteiger partial charge in [0.05, 0.1) is 19.7 Å². The van der Waals surface area contributed by atoms with Gasteiger partial charge in [-0.25, -0.2) is 0 Å². The van der Waals surface area contributed by atoms with Gasteiger partial charge < -0.3 is 15.0 Å². The van der Waals surface area contributed by atoms with E-state index in [0.717, 1.165) is 47.1 Å². The van der Waals surface area contributed by atoms with E-state index in [1.165, 1.54) is 21.8 Å². The SMILES string of the molecule is CCOC(=O)[C@H]1CCC[NH+](Cn2nc(Nc3ccc(CC)cc3)sc2=S)C1. The van der Waals surface area contributed by atoms with Crippen LogP contribution >= 0.6 is 23.6 Å². The normalized spacial score (nSPS) is 19.6. The van der Waals surface area contributed by atoms with E-state index in [4.69, 9.17) is 17.0 Å². The van der Waals surface area contributed by atoms with Crippen LogP contribution in [0.25, 0.3) is 0 Å². The molecule has 146 valence electrons. The van der Waals surface area contributed by atoms with E-state index in [2.05, 4.69) is 41.6 Å². The molecule has 0 spiro atoms. The Balaban J connectivity index is 1.62. The van der Waals surface area contributed by atoms with Gasteiger partial charge >= 0.3 is 5.97 Å². The van der Waals surface area contributed by atoms with Gasteiger partial charge in [-0.1, -0.05) is 30.4 Å². The Morgan fingerprint density at radius 2 is 2.19 bits per heavy atom. The first-order valence-electron chi connectivity index (χ1n) is 9.53. The van der Waals surface area contributed by atoms with E-state index in [1.54, 1.807) is 0 Å². The molecule has 3 rings (SSSR count). The number of nitrogens with zero attached hydrogens (tertiary/aromatic N) is 2. The first kappa shape index (κ1) is 20.0. The zero-order valence-corrected chi connectivity index (χ0v) is 17.5. The zero-order chi connectivity index (χ0) is 19.2. The van der Waals surface area contributed by atoms with Gasteiger partial charge in [-0.15, -0.1) is 5.10 Å². The van der Waals surface area contributed by atoms with E-state index in [0.29, 0.717) is 13.3 Å². The molecule has 2 N–H and O–H groups in total. The lowest BCUT2D eigenvalue weighted by Gasteiger charge is -2.28. The summed E-state index contributed by atoms with van der Waals surface area (Å²) in [5.41, 5.74) is 2.32. The quantitative estimate of drug-likeness (QED) is 0.546. The first-order valence-corrected chi connectivity index (χ1v) is 10.8. The van der Waals surface area contributed by atoms with Crippen LogP contribution in [-0.4, -0.2) is 35.4 Å². The lowest BCUT2D eigenvalue weighted by atomic mass is 9.99. The number of nitrogens with one attached hydrogen (secondary N) is 2. The molecule has 1 saturated heterocycles. The van der Waals surface area contributed by atoms with Crippen molar-refractivity contribution >= 4 is 40.3 Å². The fourth-order valence-corrected chi connectivity index (χ4v) is 4.40. The summed E-state index contributed by atoms with van der Waals surface area (Å²) >= 11 is 6.97. The van der Waals surface area contributed by atoms with Crippen LogP contribution in [0.15, 0.2) is 24.3 Å². The van der Waals surface area contributed by atoms with Gasteiger partial charge in [-0.05, 0) is 56.1 Å². The zero-order valence-electron chi connectivity index (χ0n) is 15.9. The largest absolute Gasteiger partial charge is 0.466 e. The molecular weight excluding hydrogens is 380 g/mol. The highest BCUT2D eigenvalue weighted by Gasteiger charge is 2.30. The van der Waals surface area contributed by atoms with Gasteiger partial charge in [0.2, 0.25) is 5.13 Å². The fourth-order valence-electron chi connectivity index (χ4n) is 3.37. The van der Waals surface area contributed by atoms with E-state index >= 15 is 0 Å². The summed E-state index contributed by atoms with van der Waals surface area (Å²) < 4.78 is 7.80. The third-order valence-corrected chi connectivity index (χ3v) is 6.05. The van der Waals surface area contributed by atoms with Gasteiger partial charge in [0.15, 0.2) is 10.6 Å². The highest BCUT2D eigenvalue weighted by molar-refractivity contribution is 7.73. The first-order chi connectivity index (χ1) is 13.1. The highest BCUT2D eigenvalue weighted by atomic mass is 32.1. The van der Waals surface area contributed by atoms with E-state index in [9.17, 15) is 4.79 Å². The third kappa shape index (κ3) is 5.37. The average molecular weight is 408 g/mol. The Morgan fingerprint density at radius 1 is 1.41 bits per heavy atom. The maximum atomic E-state index is 12.0. The molecule has 2 aromatic rings. The van der Waals surface area contributed by atoms with Crippen molar-refractivity contribution in [2.24, 2.45) is 5.92 Å². The molecule has 1 unspecified atom stereocenters.